The zero-order valence-corrected chi connectivity index (χ0v) is 26.3. The van der Waals surface area contributed by atoms with E-state index in [2.05, 4.69) is 92.4 Å². The van der Waals surface area contributed by atoms with E-state index < -0.39 is 40.4 Å². The molecule has 0 aromatic rings. The van der Waals surface area contributed by atoms with Gasteiger partial charge in [-0.15, -0.1) is 0 Å². The maximum atomic E-state index is 2.79. The molecule has 0 nitrogen and oxygen atoms in total. The highest BCUT2D eigenvalue weighted by Gasteiger charge is 2.80. The summed E-state index contributed by atoms with van der Waals surface area (Å²) in [6.45, 7) is 38.5. The average Bonchev–Trinajstić information content (AvgIpc) is 2.83. The number of rotatable bonds is 4. The Morgan fingerprint density at radius 2 is 0.741 bits per heavy atom. The van der Waals surface area contributed by atoms with Crippen LogP contribution >= 0.6 is 0 Å². The molecule has 2 aliphatic rings. The van der Waals surface area contributed by atoms with Gasteiger partial charge in [0, 0.05) is 32.3 Å². The fourth-order valence-electron chi connectivity index (χ4n) is 9.71. The molecular weight excluding hydrogens is 405 g/mol. The van der Waals surface area contributed by atoms with Gasteiger partial charge in [0.25, 0.3) is 0 Å². The largest absolute Gasteiger partial charge is 0.0773 e. The second kappa shape index (κ2) is 6.41. The summed E-state index contributed by atoms with van der Waals surface area (Å²) < 4.78 is 1.60. The van der Waals surface area contributed by atoms with Crippen LogP contribution in [0.1, 0.15) is 26.7 Å². The van der Waals surface area contributed by atoms with Gasteiger partial charge in [-0.2, -0.15) is 0 Å². The van der Waals surface area contributed by atoms with Crippen molar-refractivity contribution in [2.45, 2.75) is 126 Å². The normalized spacial score (nSPS) is 25.6. The van der Waals surface area contributed by atoms with Crippen LogP contribution < -0.4 is 0 Å². The van der Waals surface area contributed by atoms with Crippen molar-refractivity contribution >= 4 is 40.4 Å². The van der Waals surface area contributed by atoms with E-state index in [1.165, 1.54) is 0 Å². The average molecular weight is 455 g/mol. The van der Waals surface area contributed by atoms with Crippen molar-refractivity contribution in [3.8, 4) is 0 Å². The lowest BCUT2D eigenvalue weighted by molar-refractivity contribution is 0.763. The monoisotopic (exact) mass is 454 g/mol. The fraction of sp³-hybridized carbons (Fsp3) is 0.909. The van der Waals surface area contributed by atoms with E-state index in [0.717, 1.165) is 8.57 Å². The second-order valence-corrected chi connectivity index (χ2v) is 43.3. The van der Waals surface area contributed by atoms with Crippen molar-refractivity contribution in [2.75, 3.05) is 0 Å². The molecule has 0 N–H and O–H groups in total. The summed E-state index contributed by atoms with van der Waals surface area (Å²) in [7, 11) is -6.77. The highest BCUT2D eigenvalue weighted by molar-refractivity contribution is 7.27. The van der Waals surface area contributed by atoms with Crippen molar-refractivity contribution in [1.29, 1.82) is 0 Å². The van der Waals surface area contributed by atoms with Crippen LogP contribution in [-0.2, 0) is 0 Å². The summed E-state index contributed by atoms with van der Waals surface area (Å²) in [6, 6.07) is 3.14. The molecule has 0 unspecified atom stereocenters. The van der Waals surface area contributed by atoms with Gasteiger partial charge in [-0.25, -0.2) is 0 Å². The van der Waals surface area contributed by atoms with E-state index in [4.69, 9.17) is 0 Å². The Morgan fingerprint density at radius 3 is 0.926 bits per heavy atom. The van der Waals surface area contributed by atoms with Crippen molar-refractivity contribution < 1.29 is 0 Å². The van der Waals surface area contributed by atoms with Crippen molar-refractivity contribution in [1.82, 2.24) is 0 Å². The first-order valence-corrected chi connectivity index (χ1v) is 27.8. The molecule has 0 aliphatic carbocycles. The molecule has 2 rings (SSSR count). The molecule has 5 heteroatoms. The van der Waals surface area contributed by atoms with Crippen LogP contribution in [0.2, 0.25) is 99.2 Å². The van der Waals surface area contributed by atoms with E-state index in [1.807, 2.05) is 11.1 Å². The molecule has 0 bridgehead atoms. The molecule has 1 fully saturated rings. The number of hydrogen-bond acceptors (Lipinski definition) is 0. The Morgan fingerprint density at radius 1 is 0.519 bits per heavy atom. The Balaban J connectivity index is 3.01. The highest BCUT2D eigenvalue weighted by Crippen LogP contribution is 2.79. The van der Waals surface area contributed by atoms with E-state index in [9.17, 15) is 0 Å². The van der Waals surface area contributed by atoms with Crippen LogP contribution in [0.25, 0.3) is 0 Å². The van der Waals surface area contributed by atoms with E-state index in [0.29, 0.717) is 0 Å². The first-order valence-electron chi connectivity index (χ1n) is 11.4. The van der Waals surface area contributed by atoms with Gasteiger partial charge in [0.1, 0.15) is 0 Å². The fourth-order valence-corrected chi connectivity index (χ4v) is 66.0. The van der Waals surface area contributed by atoms with Crippen LogP contribution in [0.15, 0.2) is 11.1 Å². The van der Waals surface area contributed by atoms with Gasteiger partial charge in [-0.1, -0.05) is 103 Å². The van der Waals surface area contributed by atoms with Gasteiger partial charge < -0.3 is 0 Å². The zero-order valence-electron chi connectivity index (χ0n) is 21.3. The molecule has 0 aromatic carbocycles. The van der Waals surface area contributed by atoms with Gasteiger partial charge >= 0.3 is 0 Å². The predicted octanol–water partition coefficient (Wildman–Crippen LogP) is 8.57. The molecule has 2 heterocycles. The van der Waals surface area contributed by atoms with Crippen LogP contribution in [0.3, 0.4) is 0 Å². The zero-order chi connectivity index (χ0) is 21.5. The van der Waals surface area contributed by atoms with Crippen LogP contribution in [-0.4, -0.2) is 40.4 Å². The minimum atomic E-state index is -1.52. The molecular formula is C22H50Si5. The van der Waals surface area contributed by atoms with E-state index in [-0.39, 0.29) is 0 Å². The van der Waals surface area contributed by atoms with E-state index >= 15 is 0 Å². The third kappa shape index (κ3) is 2.88. The molecule has 2 aliphatic heterocycles. The smallest absolute Gasteiger partial charge is 0.0635 e. The maximum Gasteiger partial charge on any atom is 0.0635 e. The molecule has 0 amide bonds. The molecule has 1 spiro atoms. The Kier molecular flexibility index (Phi) is 5.72. The lowest BCUT2D eigenvalue weighted by atomic mass is 10.2. The standard InChI is InChI=1S/C22H50Si5/c1-19-17-27(18-20(19)2)21(23(3,4)5,24(6,7)8)15-16-22(27,25(9,10)11)26(12,13)14/h15-18H2,1-14H3. The first-order chi connectivity index (χ1) is 11.7. The second-order valence-electron chi connectivity index (χ2n) is 14.3. The number of allylic oxidation sites excluding steroid dienone is 2. The quantitative estimate of drug-likeness (QED) is 0.294. The minimum absolute atomic E-state index is 0.798. The summed E-state index contributed by atoms with van der Waals surface area (Å²) in [4.78, 5) is 0. The van der Waals surface area contributed by atoms with E-state index in [1.54, 1.807) is 24.9 Å². The maximum absolute atomic E-state index is 2.79. The van der Waals surface area contributed by atoms with Crippen LogP contribution in [0, 0.1) is 0 Å². The summed E-state index contributed by atoms with van der Waals surface area (Å²) in [5, 5.41) is 0. The van der Waals surface area contributed by atoms with Gasteiger partial charge in [0.2, 0.25) is 0 Å². The van der Waals surface area contributed by atoms with Gasteiger partial charge in [-0.3, -0.25) is 0 Å². The summed E-state index contributed by atoms with van der Waals surface area (Å²) in [5.41, 5.74) is 3.65. The third-order valence-corrected chi connectivity index (χ3v) is 50.5. The highest BCUT2D eigenvalue weighted by atomic mass is 28.5. The summed E-state index contributed by atoms with van der Waals surface area (Å²) in [6.07, 6.45) is 3.22. The first kappa shape index (κ1) is 24.1. The molecule has 0 saturated carbocycles. The molecule has 0 aromatic heterocycles. The van der Waals surface area contributed by atoms with Crippen LogP contribution in [0.4, 0.5) is 0 Å². The van der Waals surface area contributed by atoms with Gasteiger partial charge in [0.05, 0.1) is 8.07 Å². The van der Waals surface area contributed by atoms with Crippen molar-refractivity contribution in [3.63, 3.8) is 0 Å². The number of hydrogen-bond donors (Lipinski definition) is 0. The minimum Gasteiger partial charge on any atom is -0.0773 e. The van der Waals surface area contributed by atoms with Crippen molar-refractivity contribution in [2.24, 2.45) is 0 Å². The lowest BCUT2D eigenvalue weighted by Crippen LogP contribution is -2.75. The van der Waals surface area contributed by atoms with Gasteiger partial charge in [0.15, 0.2) is 0 Å². The molecule has 1 saturated heterocycles. The lowest BCUT2D eigenvalue weighted by Gasteiger charge is -2.67. The van der Waals surface area contributed by atoms with Crippen molar-refractivity contribution in [3.05, 3.63) is 11.1 Å². The Labute approximate surface area is 177 Å². The SMILES string of the molecule is CC1=C(C)C[Si]2(C1)C([Si](C)(C)C)([Si](C)(C)C)CCC2([Si](C)(C)C)[Si](C)(C)C. The Bertz CT molecular complexity index is 548. The molecule has 0 radical (unpaired) electrons. The summed E-state index contributed by atoms with van der Waals surface area (Å²) in [5.74, 6) is 0. The summed E-state index contributed by atoms with van der Waals surface area (Å²) >= 11 is 0. The predicted molar refractivity (Wildman–Crippen MR) is 142 cm³/mol. The van der Waals surface area contributed by atoms with Crippen LogP contribution in [0.5, 0.6) is 0 Å². The molecule has 27 heavy (non-hydrogen) atoms. The Hall–Kier alpha value is 0.824. The molecule has 158 valence electrons. The van der Waals surface area contributed by atoms with Gasteiger partial charge in [-0.05, 0) is 34.5 Å². The molecule has 0 atom stereocenters. The topological polar surface area (TPSA) is 0 Å². The third-order valence-electron chi connectivity index (χ3n) is 9.49.